The van der Waals surface area contributed by atoms with E-state index in [0.717, 1.165) is 22.1 Å². The molecule has 0 aliphatic rings. The van der Waals surface area contributed by atoms with E-state index in [9.17, 15) is 4.39 Å². The predicted octanol–water partition coefficient (Wildman–Crippen LogP) is 4.92. The van der Waals surface area contributed by atoms with Crippen LogP contribution in [0.15, 0.2) is 72.8 Å². The standard InChI is InChI=1S/C18H12FN/c19-15-10-6-12-17-18(15)14-9-4-5-11-16(14)20(17)13-7-2-1-3-8-13/h1-12H. The maximum absolute atomic E-state index is 14.2. The van der Waals surface area contributed by atoms with Gasteiger partial charge in [0.15, 0.2) is 0 Å². The summed E-state index contributed by atoms with van der Waals surface area (Å²) in [5, 5.41) is 1.64. The zero-order valence-corrected chi connectivity index (χ0v) is 10.8. The number of hydrogen-bond donors (Lipinski definition) is 0. The van der Waals surface area contributed by atoms with E-state index >= 15 is 0 Å². The Morgan fingerprint density at radius 3 is 2.20 bits per heavy atom. The van der Waals surface area contributed by atoms with Crippen molar-refractivity contribution in [1.82, 2.24) is 4.57 Å². The second kappa shape index (κ2) is 4.20. The highest BCUT2D eigenvalue weighted by Crippen LogP contribution is 2.33. The molecule has 1 nitrogen and oxygen atoms in total. The van der Waals surface area contributed by atoms with Gasteiger partial charge in [-0.1, -0.05) is 42.5 Å². The molecule has 0 spiro atoms. The summed E-state index contributed by atoms with van der Waals surface area (Å²) in [5.41, 5.74) is 2.97. The first-order chi connectivity index (χ1) is 9.86. The average molecular weight is 261 g/mol. The lowest BCUT2D eigenvalue weighted by molar-refractivity contribution is 0.640. The molecular weight excluding hydrogens is 249 g/mol. The average Bonchev–Trinajstić information content (AvgIpc) is 2.84. The molecule has 1 heterocycles. The Bertz CT molecular complexity index is 907. The highest BCUT2D eigenvalue weighted by Gasteiger charge is 2.13. The van der Waals surface area contributed by atoms with Crippen molar-refractivity contribution in [2.45, 2.75) is 0 Å². The number of rotatable bonds is 1. The summed E-state index contributed by atoms with van der Waals surface area (Å²) < 4.78 is 16.3. The van der Waals surface area contributed by atoms with Gasteiger partial charge < -0.3 is 4.57 Å². The fourth-order valence-corrected chi connectivity index (χ4v) is 2.83. The Morgan fingerprint density at radius 1 is 0.650 bits per heavy atom. The first-order valence-electron chi connectivity index (χ1n) is 6.59. The van der Waals surface area contributed by atoms with Crippen molar-refractivity contribution in [1.29, 1.82) is 0 Å². The van der Waals surface area contributed by atoms with Crippen LogP contribution in [0.4, 0.5) is 4.39 Å². The van der Waals surface area contributed by atoms with E-state index in [-0.39, 0.29) is 5.82 Å². The van der Waals surface area contributed by atoms with E-state index in [0.29, 0.717) is 5.39 Å². The number of hydrogen-bond acceptors (Lipinski definition) is 0. The minimum Gasteiger partial charge on any atom is -0.309 e. The quantitative estimate of drug-likeness (QED) is 0.458. The largest absolute Gasteiger partial charge is 0.309 e. The van der Waals surface area contributed by atoms with Crippen LogP contribution in [0.3, 0.4) is 0 Å². The van der Waals surface area contributed by atoms with Crippen molar-refractivity contribution in [3.8, 4) is 5.69 Å². The fourth-order valence-electron chi connectivity index (χ4n) is 2.83. The Hall–Kier alpha value is -2.61. The molecule has 1 aromatic heterocycles. The monoisotopic (exact) mass is 261 g/mol. The van der Waals surface area contributed by atoms with E-state index in [1.54, 1.807) is 6.07 Å². The summed E-state index contributed by atoms with van der Waals surface area (Å²) in [7, 11) is 0. The van der Waals surface area contributed by atoms with Crippen LogP contribution in [0.25, 0.3) is 27.5 Å². The third-order valence-corrected chi connectivity index (χ3v) is 3.66. The Kier molecular flexibility index (Phi) is 2.36. The molecule has 0 amide bonds. The van der Waals surface area contributed by atoms with Gasteiger partial charge in [0.1, 0.15) is 5.82 Å². The maximum atomic E-state index is 14.2. The van der Waals surface area contributed by atoms with Gasteiger partial charge in [-0.15, -0.1) is 0 Å². The van der Waals surface area contributed by atoms with Crippen LogP contribution >= 0.6 is 0 Å². The molecule has 0 saturated heterocycles. The molecule has 3 aromatic carbocycles. The smallest absolute Gasteiger partial charge is 0.133 e. The van der Waals surface area contributed by atoms with Gasteiger partial charge in [-0.25, -0.2) is 4.39 Å². The van der Waals surface area contributed by atoms with Crippen LogP contribution < -0.4 is 0 Å². The van der Waals surface area contributed by atoms with E-state index in [1.807, 2.05) is 60.7 Å². The minimum atomic E-state index is -0.173. The van der Waals surface area contributed by atoms with E-state index in [4.69, 9.17) is 0 Å². The number of fused-ring (bicyclic) bond motifs is 3. The molecule has 0 radical (unpaired) electrons. The second-order valence-corrected chi connectivity index (χ2v) is 4.82. The molecule has 0 bridgehead atoms. The van der Waals surface area contributed by atoms with E-state index < -0.39 is 0 Å². The first kappa shape index (κ1) is 11.2. The van der Waals surface area contributed by atoms with Gasteiger partial charge in [0, 0.05) is 16.5 Å². The Labute approximate surface area is 115 Å². The van der Waals surface area contributed by atoms with Gasteiger partial charge in [0.25, 0.3) is 0 Å². The molecule has 0 N–H and O–H groups in total. The van der Waals surface area contributed by atoms with Crippen molar-refractivity contribution in [3.05, 3.63) is 78.6 Å². The molecule has 2 heteroatoms. The Morgan fingerprint density at radius 2 is 1.35 bits per heavy atom. The fraction of sp³-hybridized carbons (Fsp3) is 0. The van der Waals surface area contributed by atoms with Crippen LogP contribution in [0.5, 0.6) is 0 Å². The summed E-state index contributed by atoms with van der Waals surface area (Å²) in [5.74, 6) is -0.173. The van der Waals surface area contributed by atoms with Gasteiger partial charge in [0.05, 0.1) is 11.0 Å². The van der Waals surface area contributed by atoms with Gasteiger partial charge in [-0.2, -0.15) is 0 Å². The van der Waals surface area contributed by atoms with E-state index in [1.165, 1.54) is 6.07 Å². The molecular formula is C18H12FN. The molecule has 0 aliphatic carbocycles. The van der Waals surface area contributed by atoms with Crippen LogP contribution in [-0.2, 0) is 0 Å². The summed E-state index contributed by atoms with van der Waals surface area (Å²) in [6, 6.07) is 23.2. The normalized spacial score (nSPS) is 11.2. The van der Waals surface area contributed by atoms with Crippen LogP contribution in [0.2, 0.25) is 0 Å². The minimum absolute atomic E-state index is 0.173. The number of aromatic nitrogens is 1. The maximum Gasteiger partial charge on any atom is 0.133 e. The summed E-state index contributed by atoms with van der Waals surface area (Å²) in [6.07, 6.45) is 0. The van der Waals surface area contributed by atoms with Crippen molar-refractivity contribution in [2.24, 2.45) is 0 Å². The topological polar surface area (TPSA) is 4.93 Å². The number of para-hydroxylation sites is 2. The van der Waals surface area contributed by atoms with Crippen molar-refractivity contribution < 1.29 is 4.39 Å². The van der Waals surface area contributed by atoms with Crippen molar-refractivity contribution in [2.75, 3.05) is 0 Å². The number of benzene rings is 3. The number of halogens is 1. The summed E-state index contributed by atoms with van der Waals surface area (Å²) in [4.78, 5) is 0. The molecule has 20 heavy (non-hydrogen) atoms. The SMILES string of the molecule is Fc1cccc2c1c1ccccc1n2-c1ccccc1. The van der Waals surface area contributed by atoms with Crippen molar-refractivity contribution in [3.63, 3.8) is 0 Å². The van der Waals surface area contributed by atoms with Gasteiger partial charge in [0.2, 0.25) is 0 Å². The lowest BCUT2D eigenvalue weighted by Gasteiger charge is -2.06. The second-order valence-electron chi connectivity index (χ2n) is 4.82. The molecule has 0 aliphatic heterocycles. The molecule has 0 saturated carbocycles. The molecule has 4 rings (SSSR count). The summed E-state index contributed by atoms with van der Waals surface area (Å²) >= 11 is 0. The zero-order chi connectivity index (χ0) is 13.5. The van der Waals surface area contributed by atoms with Crippen LogP contribution in [0, 0.1) is 5.82 Å². The van der Waals surface area contributed by atoms with Gasteiger partial charge in [-0.05, 0) is 30.3 Å². The van der Waals surface area contributed by atoms with Gasteiger partial charge >= 0.3 is 0 Å². The highest BCUT2D eigenvalue weighted by molar-refractivity contribution is 6.09. The lowest BCUT2D eigenvalue weighted by Crippen LogP contribution is -1.92. The van der Waals surface area contributed by atoms with Crippen LogP contribution in [-0.4, -0.2) is 4.57 Å². The lowest BCUT2D eigenvalue weighted by atomic mass is 10.1. The Balaban J connectivity index is 2.26. The predicted molar refractivity (Wildman–Crippen MR) is 80.7 cm³/mol. The van der Waals surface area contributed by atoms with Gasteiger partial charge in [-0.3, -0.25) is 0 Å². The van der Waals surface area contributed by atoms with E-state index in [2.05, 4.69) is 4.57 Å². The molecule has 0 unspecified atom stereocenters. The molecule has 0 atom stereocenters. The summed E-state index contributed by atoms with van der Waals surface area (Å²) in [6.45, 7) is 0. The third kappa shape index (κ3) is 1.48. The third-order valence-electron chi connectivity index (χ3n) is 3.66. The molecule has 0 fully saturated rings. The van der Waals surface area contributed by atoms with Crippen molar-refractivity contribution >= 4 is 21.8 Å². The zero-order valence-electron chi connectivity index (χ0n) is 10.8. The highest BCUT2D eigenvalue weighted by atomic mass is 19.1. The van der Waals surface area contributed by atoms with Crippen LogP contribution in [0.1, 0.15) is 0 Å². The first-order valence-corrected chi connectivity index (χ1v) is 6.59. The molecule has 4 aromatic rings. The number of nitrogens with zero attached hydrogens (tertiary/aromatic N) is 1. The molecule has 96 valence electrons.